The molecule has 86 valence electrons. The van der Waals surface area contributed by atoms with Crippen LogP contribution in [0.1, 0.15) is 46.5 Å². The van der Waals surface area contributed by atoms with Crippen molar-refractivity contribution in [3.05, 3.63) is 0 Å². The van der Waals surface area contributed by atoms with Crippen LogP contribution in [0.25, 0.3) is 0 Å². The van der Waals surface area contributed by atoms with Gasteiger partial charge in [0.25, 0.3) is 0 Å². The maximum absolute atomic E-state index is 5.13. The molecule has 0 spiro atoms. The summed E-state index contributed by atoms with van der Waals surface area (Å²) in [6.45, 7) is 8.78. The summed E-state index contributed by atoms with van der Waals surface area (Å²) in [5.74, 6) is 0.692. The zero-order valence-electron chi connectivity index (χ0n) is 10.3. The Labute approximate surface area is 89.4 Å². The highest BCUT2D eigenvalue weighted by Gasteiger charge is 2.07. The lowest BCUT2D eigenvalue weighted by Gasteiger charge is -2.18. The van der Waals surface area contributed by atoms with Gasteiger partial charge in [0.2, 0.25) is 0 Å². The molecule has 2 heteroatoms. The molecule has 0 aliphatic heterocycles. The van der Waals surface area contributed by atoms with E-state index < -0.39 is 0 Å². The highest BCUT2D eigenvalue weighted by molar-refractivity contribution is 4.66. The van der Waals surface area contributed by atoms with Crippen LogP contribution in [0.3, 0.4) is 0 Å². The third kappa shape index (κ3) is 7.34. The summed E-state index contributed by atoms with van der Waals surface area (Å²) in [4.78, 5) is 0. The summed E-state index contributed by atoms with van der Waals surface area (Å²) in [5, 5.41) is 3.58. The van der Waals surface area contributed by atoms with Crippen molar-refractivity contribution in [2.75, 3.05) is 20.3 Å². The number of hydrogen-bond donors (Lipinski definition) is 1. The van der Waals surface area contributed by atoms with E-state index in [-0.39, 0.29) is 0 Å². The van der Waals surface area contributed by atoms with E-state index in [9.17, 15) is 0 Å². The van der Waals surface area contributed by atoms with Crippen LogP contribution in [-0.4, -0.2) is 26.3 Å². The zero-order chi connectivity index (χ0) is 10.8. The predicted octanol–water partition coefficient (Wildman–Crippen LogP) is 2.83. The maximum atomic E-state index is 5.13. The lowest BCUT2D eigenvalue weighted by Crippen LogP contribution is -2.29. The standard InChI is InChI=1S/C12H27NO/c1-5-9-13-12(6-2)8-7-11(3)10-14-4/h11-13H,5-10H2,1-4H3. The van der Waals surface area contributed by atoms with Gasteiger partial charge in [0.15, 0.2) is 0 Å². The molecule has 2 atom stereocenters. The number of hydrogen-bond acceptors (Lipinski definition) is 2. The van der Waals surface area contributed by atoms with Crippen molar-refractivity contribution in [2.24, 2.45) is 5.92 Å². The Morgan fingerprint density at radius 1 is 1.21 bits per heavy atom. The molecule has 1 N–H and O–H groups in total. The summed E-state index contributed by atoms with van der Waals surface area (Å²) in [7, 11) is 1.78. The molecule has 2 unspecified atom stereocenters. The van der Waals surface area contributed by atoms with Crippen molar-refractivity contribution in [1.29, 1.82) is 0 Å². The number of ether oxygens (including phenoxy) is 1. The second kappa shape index (κ2) is 9.47. The van der Waals surface area contributed by atoms with Crippen LogP contribution in [0.15, 0.2) is 0 Å². The average molecular weight is 201 g/mol. The summed E-state index contributed by atoms with van der Waals surface area (Å²) < 4.78 is 5.13. The first-order valence-electron chi connectivity index (χ1n) is 5.96. The second-order valence-corrected chi connectivity index (χ2v) is 4.20. The molecule has 0 aliphatic rings. The van der Waals surface area contributed by atoms with Crippen molar-refractivity contribution >= 4 is 0 Å². The van der Waals surface area contributed by atoms with E-state index in [2.05, 4.69) is 26.1 Å². The minimum atomic E-state index is 0.692. The second-order valence-electron chi connectivity index (χ2n) is 4.20. The minimum Gasteiger partial charge on any atom is -0.384 e. The van der Waals surface area contributed by atoms with Crippen molar-refractivity contribution < 1.29 is 4.74 Å². The van der Waals surface area contributed by atoms with Crippen LogP contribution < -0.4 is 5.32 Å². The van der Waals surface area contributed by atoms with Gasteiger partial charge in [0.05, 0.1) is 0 Å². The van der Waals surface area contributed by atoms with Gasteiger partial charge >= 0.3 is 0 Å². The van der Waals surface area contributed by atoms with Crippen LogP contribution in [0.4, 0.5) is 0 Å². The van der Waals surface area contributed by atoms with E-state index in [1.54, 1.807) is 7.11 Å². The molecule has 0 aromatic carbocycles. The Balaban J connectivity index is 3.50. The Morgan fingerprint density at radius 2 is 1.93 bits per heavy atom. The van der Waals surface area contributed by atoms with Gasteiger partial charge in [0, 0.05) is 19.8 Å². The van der Waals surface area contributed by atoms with Gasteiger partial charge in [-0.15, -0.1) is 0 Å². The molecular weight excluding hydrogens is 174 g/mol. The molecule has 0 heterocycles. The van der Waals surface area contributed by atoms with E-state index in [0.29, 0.717) is 12.0 Å². The van der Waals surface area contributed by atoms with Gasteiger partial charge < -0.3 is 10.1 Å². The van der Waals surface area contributed by atoms with Crippen LogP contribution >= 0.6 is 0 Å². The van der Waals surface area contributed by atoms with E-state index in [1.165, 1.54) is 25.7 Å². The quantitative estimate of drug-likeness (QED) is 0.619. The van der Waals surface area contributed by atoms with Crippen LogP contribution in [0.5, 0.6) is 0 Å². The summed E-state index contributed by atoms with van der Waals surface area (Å²) >= 11 is 0. The molecule has 0 aromatic rings. The molecule has 0 fully saturated rings. The SMILES string of the molecule is CCCNC(CC)CCC(C)COC. The largest absolute Gasteiger partial charge is 0.384 e. The first-order valence-corrected chi connectivity index (χ1v) is 5.96. The van der Waals surface area contributed by atoms with Gasteiger partial charge in [-0.25, -0.2) is 0 Å². The average Bonchev–Trinajstić information content (AvgIpc) is 2.19. The normalized spacial score (nSPS) is 15.4. The highest BCUT2D eigenvalue weighted by Crippen LogP contribution is 2.10. The van der Waals surface area contributed by atoms with Crippen LogP contribution in [0, 0.1) is 5.92 Å². The molecule has 0 bridgehead atoms. The fraction of sp³-hybridized carbons (Fsp3) is 1.00. The molecule has 0 saturated heterocycles. The third-order valence-corrected chi connectivity index (χ3v) is 2.63. The molecular formula is C12H27NO. The Kier molecular flexibility index (Phi) is 9.42. The molecule has 0 aliphatic carbocycles. The molecule has 14 heavy (non-hydrogen) atoms. The predicted molar refractivity (Wildman–Crippen MR) is 62.6 cm³/mol. The number of rotatable bonds is 9. The fourth-order valence-corrected chi connectivity index (χ4v) is 1.65. The van der Waals surface area contributed by atoms with E-state index in [1.807, 2.05) is 0 Å². The van der Waals surface area contributed by atoms with Gasteiger partial charge in [-0.1, -0.05) is 20.8 Å². The van der Waals surface area contributed by atoms with Gasteiger partial charge in [-0.2, -0.15) is 0 Å². The first kappa shape index (κ1) is 13.9. The number of nitrogens with one attached hydrogen (secondary N) is 1. The topological polar surface area (TPSA) is 21.3 Å². The smallest absolute Gasteiger partial charge is 0.0487 e. The lowest BCUT2D eigenvalue weighted by molar-refractivity contribution is 0.152. The molecule has 0 rings (SSSR count). The lowest BCUT2D eigenvalue weighted by atomic mass is 10.0. The Bertz CT molecular complexity index is 117. The Morgan fingerprint density at radius 3 is 2.43 bits per heavy atom. The van der Waals surface area contributed by atoms with Gasteiger partial charge in [0.1, 0.15) is 0 Å². The van der Waals surface area contributed by atoms with Crippen LogP contribution in [-0.2, 0) is 4.74 Å². The zero-order valence-corrected chi connectivity index (χ0v) is 10.3. The third-order valence-electron chi connectivity index (χ3n) is 2.63. The summed E-state index contributed by atoms with van der Waals surface area (Å²) in [6, 6.07) is 0.703. The first-order chi connectivity index (χ1) is 6.74. The fourth-order valence-electron chi connectivity index (χ4n) is 1.65. The van der Waals surface area contributed by atoms with Crippen molar-refractivity contribution in [2.45, 2.75) is 52.5 Å². The van der Waals surface area contributed by atoms with E-state index >= 15 is 0 Å². The molecule has 0 aromatic heterocycles. The molecule has 0 amide bonds. The van der Waals surface area contributed by atoms with Gasteiger partial charge in [-0.05, 0) is 38.1 Å². The van der Waals surface area contributed by atoms with Crippen LogP contribution in [0.2, 0.25) is 0 Å². The maximum Gasteiger partial charge on any atom is 0.0487 e. The monoisotopic (exact) mass is 201 g/mol. The Hall–Kier alpha value is -0.0800. The van der Waals surface area contributed by atoms with Crippen molar-refractivity contribution in [3.8, 4) is 0 Å². The molecule has 0 saturated carbocycles. The number of methoxy groups -OCH3 is 1. The minimum absolute atomic E-state index is 0.692. The molecule has 0 radical (unpaired) electrons. The summed E-state index contributed by atoms with van der Waals surface area (Å²) in [5.41, 5.74) is 0. The van der Waals surface area contributed by atoms with E-state index in [4.69, 9.17) is 4.74 Å². The highest BCUT2D eigenvalue weighted by atomic mass is 16.5. The van der Waals surface area contributed by atoms with Crippen molar-refractivity contribution in [3.63, 3.8) is 0 Å². The van der Waals surface area contributed by atoms with E-state index in [0.717, 1.165) is 13.2 Å². The molecule has 2 nitrogen and oxygen atoms in total. The van der Waals surface area contributed by atoms with Gasteiger partial charge in [-0.3, -0.25) is 0 Å². The summed E-state index contributed by atoms with van der Waals surface area (Å²) in [6.07, 6.45) is 5.01. The van der Waals surface area contributed by atoms with Crippen molar-refractivity contribution in [1.82, 2.24) is 5.32 Å².